The van der Waals surface area contributed by atoms with Gasteiger partial charge in [-0.1, -0.05) is 11.8 Å². The molecule has 0 aromatic heterocycles. The zero-order valence-corrected chi connectivity index (χ0v) is 20.7. The van der Waals surface area contributed by atoms with Crippen LogP contribution in [0.25, 0.3) is 0 Å². The maximum Gasteiger partial charge on any atom is 0.416 e. The van der Waals surface area contributed by atoms with E-state index < -0.39 is 85.9 Å². The molecule has 0 aliphatic carbocycles. The number of hydrogen-bond acceptors (Lipinski definition) is 6. The number of hydrogen-bond donors (Lipinski definition) is 1. The minimum Gasteiger partial charge on any atom is -0.444 e. The van der Waals surface area contributed by atoms with Gasteiger partial charge in [-0.25, -0.2) is 13.2 Å². The summed E-state index contributed by atoms with van der Waals surface area (Å²) in [5.41, 5.74) is -4.67. The molecule has 0 spiro atoms. The highest BCUT2D eigenvalue weighted by Gasteiger charge is 2.50. The van der Waals surface area contributed by atoms with Crippen LogP contribution in [0.15, 0.2) is 23.2 Å². The lowest BCUT2D eigenvalue weighted by Gasteiger charge is -2.26. The van der Waals surface area contributed by atoms with Crippen LogP contribution < -0.4 is 10.2 Å². The van der Waals surface area contributed by atoms with Gasteiger partial charge in [0, 0.05) is 10.9 Å². The zero-order chi connectivity index (χ0) is 27.3. The molecular formula is C20H21F6N3O5S2. The first-order chi connectivity index (χ1) is 16.2. The van der Waals surface area contributed by atoms with E-state index in [-0.39, 0.29) is 11.2 Å². The Morgan fingerprint density at radius 3 is 2.11 bits per heavy atom. The number of carbonyl (C=O) groups is 2. The van der Waals surface area contributed by atoms with Crippen LogP contribution in [-0.2, 0) is 31.7 Å². The minimum absolute atomic E-state index is 0.0533. The van der Waals surface area contributed by atoms with Gasteiger partial charge in [0.15, 0.2) is 15.0 Å². The van der Waals surface area contributed by atoms with Gasteiger partial charge < -0.3 is 15.0 Å². The van der Waals surface area contributed by atoms with E-state index in [1.807, 2.05) is 0 Å². The first-order valence-electron chi connectivity index (χ1n) is 10.3. The molecule has 2 atom stereocenters. The van der Waals surface area contributed by atoms with Crippen LogP contribution in [0.5, 0.6) is 0 Å². The number of halogens is 6. The Bertz CT molecular complexity index is 1160. The van der Waals surface area contributed by atoms with Crippen LogP contribution in [0, 0.1) is 0 Å². The Morgan fingerprint density at radius 2 is 1.61 bits per heavy atom. The van der Waals surface area contributed by atoms with E-state index in [2.05, 4.69) is 10.3 Å². The van der Waals surface area contributed by atoms with Gasteiger partial charge in [-0.2, -0.15) is 31.3 Å². The summed E-state index contributed by atoms with van der Waals surface area (Å²) >= 11 is 0.755. The molecule has 2 amide bonds. The number of rotatable bonds is 3. The lowest BCUT2D eigenvalue weighted by molar-refractivity contribution is -0.143. The highest BCUT2D eigenvalue weighted by atomic mass is 32.2. The van der Waals surface area contributed by atoms with E-state index >= 15 is 0 Å². The van der Waals surface area contributed by atoms with Crippen LogP contribution in [0.1, 0.15) is 31.9 Å². The number of nitrogens with zero attached hydrogens (tertiary/aromatic N) is 2. The second-order valence-corrected chi connectivity index (χ2v) is 12.4. The SMILES string of the molecule is CC(C)(C)OC(=O)NCC(=O)N=C1S[C@H]2CS(=O)(=O)C[C@@H]2N1c1cc(C(F)(F)F)cc(C(F)(F)F)c1. The number of alkyl halides is 6. The lowest BCUT2D eigenvalue weighted by Crippen LogP contribution is -2.39. The molecule has 2 heterocycles. The highest BCUT2D eigenvalue weighted by molar-refractivity contribution is 8.16. The number of amides is 2. The van der Waals surface area contributed by atoms with Crippen molar-refractivity contribution < 1.29 is 49.1 Å². The molecule has 0 radical (unpaired) electrons. The summed E-state index contributed by atoms with van der Waals surface area (Å²) in [6, 6.07) is -0.207. The second-order valence-electron chi connectivity index (χ2n) is 9.08. The number of alkyl carbamates (subject to hydrolysis) is 1. The molecule has 200 valence electrons. The van der Waals surface area contributed by atoms with Crippen molar-refractivity contribution in [2.24, 2.45) is 4.99 Å². The summed E-state index contributed by atoms with van der Waals surface area (Å²) < 4.78 is 110. The van der Waals surface area contributed by atoms with Crippen molar-refractivity contribution >= 4 is 44.5 Å². The quantitative estimate of drug-likeness (QED) is 0.559. The molecule has 2 fully saturated rings. The van der Waals surface area contributed by atoms with Gasteiger partial charge in [-0.15, -0.1) is 0 Å². The number of carbonyl (C=O) groups excluding carboxylic acids is 2. The summed E-state index contributed by atoms with van der Waals surface area (Å²) in [4.78, 5) is 28.8. The van der Waals surface area contributed by atoms with Gasteiger partial charge in [0.05, 0.1) is 28.7 Å². The number of amidine groups is 1. The normalized spacial score (nSPS) is 23.0. The van der Waals surface area contributed by atoms with Crippen molar-refractivity contribution in [3.63, 3.8) is 0 Å². The number of benzene rings is 1. The van der Waals surface area contributed by atoms with Crippen molar-refractivity contribution in [2.75, 3.05) is 23.0 Å². The maximum atomic E-state index is 13.4. The third-order valence-electron chi connectivity index (χ3n) is 4.92. The summed E-state index contributed by atoms with van der Waals surface area (Å²) in [7, 11) is -3.63. The monoisotopic (exact) mass is 561 g/mol. The van der Waals surface area contributed by atoms with E-state index in [1.165, 1.54) is 0 Å². The smallest absolute Gasteiger partial charge is 0.416 e. The predicted octanol–water partition coefficient (Wildman–Crippen LogP) is 3.85. The van der Waals surface area contributed by atoms with Crippen molar-refractivity contribution in [1.82, 2.24) is 5.32 Å². The molecule has 1 aromatic rings. The maximum absolute atomic E-state index is 13.4. The number of ether oxygens (including phenoxy) is 1. The van der Waals surface area contributed by atoms with Gasteiger partial charge in [0.25, 0.3) is 5.91 Å². The van der Waals surface area contributed by atoms with E-state index in [9.17, 15) is 44.3 Å². The molecule has 16 heteroatoms. The molecule has 0 unspecified atom stereocenters. The molecule has 8 nitrogen and oxygen atoms in total. The third kappa shape index (κ3) is 6.83. The minimum atomic E-state index is -5.13. The Balaban J connectivity index is 1.99. The predicted molar refractivity (Wildman–Crippen MR) is 119 cm³/mol. The largest absolute Gasteiger partial charge is 0.444 e. The third-order valence-corrected chi connectivity index (χ3v) is 8.13. The molecule has 2 saturated heterocycles. The van der Waals surface area contributed by atoms with Crippen LogP contribution in [0.4, 0.5) is 36.8 Å². The van der Waals surface area contributed by atoms with Crippen LogP contribution in [0.3, 0.4) is 0 Å². The average molecular weight is 562 g/mol. The molecule has 36 heavy (non-hydrogen) atoms. The molecular weight excluding hydrogens is 540 g/mol. The Kier molecular flexibility index (Phi) is 7.36. The lowest BCUT2D eigenvalue weighted by atomic mass is 10.1. The fourth-order valence-corrected chi connectivity index (χ4v) is 7.48. The highest BCUT2D eigenvalue weighted by Crippen LogP contribution is 2.44. The fraction of sp³-hybridized carbons (Fsp3) is 0.550. The molecule has 0 bridgehead atoms. The molecule has 3 rings (SSSR count). The number of aliphatic imine (C=N–C) groups is 1. The molecule has 2 aliphatic rings. The van der Waals surface area contributed by atoms with Gasteiger partial charge in [0.1, 0.15) is 12.1 Å². The first-order valence-corrected chi connectivity index (χ1v) is 13.0. The number of thioether (sulfide) groups is 1. The Hall–Kier alpha value is -2.49. The van der Waals surface area contributed by atoms with Crippen molar-refractivity contribution in [3.05, 3.63) is 29.3 Å². The van der Waals surface area contributed by atoms with Crippen LogP contribution in [-0.4, -0.2) is 60.5 Å². The Labute approximate surface area is 206 Å². The molecule has 1 aromatic carbocycles. The molecule has 2 aliphatic heterocycles. The van der Waals surface area contributed by atoms with Crippen LogP contribution in [0.2, 0.25) is 0 Å². The van der Waals surface area contributed by atoms with E-state index in [0.717, 1.165) is 16.7 Å². The summed E-state index contributed by atoms with van der Waals surface area (Å²) in [6.07, 6.45) is -11.2. The number of anilines is 1. The first kappa shape index (κ1) is 28.1. The van der Waals surface area contributed by atoms with Gasteiger partial charge >= 0.3 is 18.4 Å². The second kappa shape index (κ2) is 9.43. The fourth-order valence-electron chi connectivity index (χ4n) is 3.55. The van der Waals surface area contributed by atoms with Crippen molar-refractivity contribution in [2.45, 2.75) is 50.0 Å². The van der Waals surface area contributed by atoms with Crippen molar-refractivity contribution in [1.29, 1.82) is 0 Å². The number of fused-ring (bicyclic) bond motifs is 1. The van der Waals surface area contributed by atoms with Crippen molar-refractivity contribution in [3.8, 4) is 0 Å². The molecule has 0 saturated carbocycles. The van der Waals surface area contributed by atoms with E-state index in [4.69, 9.17) is 4.74 Å². The zero-order valence-electron chi connectivity index (χ0n) is 19.0. The standard InChI is InChI=1S/C20H21F6N3O5S2/c1-18(2,3)34-17(31)27-7-15(30)28-16-29(13-8-36(32,33)9-14(13)35-16)12-5-10(19(21,22)23)4-11(6-12)20(24,25)26/h4-6,13-14H,7-9H2,1-3H3,(H,27,31)/t13-,14-/m0/s1. The van der Waals surface area contributed by atoms with Crippen LogP contribution >= 0.6 is 11.8 Å². The Morgan fingerprint density at radius 1 is 1.06 bits per heavy atom. The van der Waals surface area contributed by atoms with Gasteiger partial charge in [-0.3, -0.25) is 4.79 Å². The summed E-state index contributed by atoms with van der Waals surface area (Å²) in [6.45, 7) is 4.08. The number of sulfone groups is 1. The number of nitrogens with one attached hydrogen (secondary N) is 1. The van der Waals surface area contributed by atoms with Gasteiger partial charge in [-0.05, 0) is 39.0 Å². The van der Waals surface area contributed by atoms with E-state index in [0.29, 0.717) is 12.1 Å². The van der Waals surface area contributed by atoms with Gasteiger partial charge in [0.2, 0.25) is 0 Å². The summed E-state index contributed by atoms with van der Waals surface area (Å²) in [5, 5.41) is 1.10. The summed E-state index contributed by atoms with van der Waals surface area (Å²) in [5.74, 6) is -1.92. The topological polar surface area (TPSA) is 105 Å². The van der Waals surface area contributed by atoms with E-state index in [1.54, 1.807) is 20.8 Å². The average Bonchev–Trinajstić information content (AvgIpc) is 3.14. The molecule has 1 N–H and O–H groups in total.